The van der Waals surface area contributed by atoms with Crippen LogP contribution in [-0.2, 0) is 9.59 Å². The number of fused-ring (bicyclic) bond motifs is 1. The molecule has 8 heteroatoms. The van der Waals surface area contributed by atoms with Gasteiger partial charge in [0.05, 0.1) is 5.56 Å². The van der Waals surface area contributed by atoms with Crippen molar-refractivity contribution in [3.8, 4) is 11.5 Å². The van der Waals surface area contributed by atoms with Gasteiger partial charge in [0.2, 0.25) is 5.78 Å². The molecule has 2 N–H and O–H groups in total. The van der Waals surface area contributed by atoms with Gasteiger partial charge in [0.15, 0.2) is 12.4 Å². The molecule has 0 radical (unpaired) electrons. The zero-order valence-corrected chi connectivity index (χ0v) is 14.5. The molecule has 1 aromatic heterocycles. The fourth-order valence-corrected chi connectivity index (χ4v) is 2.90. The van der Waals surface area contributed by atoms with Crippen LogP contribution in [0.3, 0.4) is 0 Å². The smallest absolute Gasteiger partial charge is 0.325 e. The van der Waals surface area contributed by atoms with E-state index in [1.54, 1.807) is 18.2 Å². The standard InChI is InChI=1S/C18H15NO6S/c1-10(18(22)23)19-16(20)9-24-11-4-5-13-14(7-11)25-15(17(13)21)8-12-3-2-6-26-12/h2-8,10H,9H2,1H3,(H,19,20)(H,22,23)/t10-/m1/s1. The number of carboxylic acid groups (broad SMARTS) is 1. The summed E-state index contributed by atoms with van der Waals surface area (Å²) in [4.78, 5) is 35.6. The average Bonchev–Trinajstić information content (AvgIpc) is 3.22. The second kappa shape index (κ2) is 7.40. The van der Waals surface area contributed by atoms with Crippen LogP contribution in [0.4, 0.5) is 0 Å². The normalized spacial score (nSPS) is 15.3. The summed E-state index contributed by atoms with van der Waals surface area (Å²) >= 11 is 1.49. The van der Waals surface area contributed by atoms with Gasteiger partial charge in [-0.25, -0.2) is 0 Å². The van der Waals surface area contributed by atoms with Crippen molar-refractivity contribution in [2.24, 2.45) is 0 Å². The lowest BCUT2D eigenvalue weighted by atomic mass is 10.1. The quantitative estimate of drug-likeness (QED) is 0.754. The average molecular weight is 373 g/mol. The number of carbonyl (C=O) groups excluding carboxylic acids is 2. The minimum absolute atomic E-state index is 0.215. The number of rotatable bonds is 6. The highest BCUT2D eigenvalue weighted by atomic mass is 32.1. The Labute approximate surface area is 152 Å². The van der Waals surface area contributed by atoms with E-state index in [9.17, 15) is 14.4 Å². The van der Waals surface area contributed by atoms with Gasteiger partial charge < -0.3 is 19.9 Å². The molecule has 1 amide bonds. The molecule has 2 heterocycles. The molecular formula is C18H15NO6S. The molecule has 0 saturated carbocycles. The first-order valence-corrected chi connectivity index (χ1v) is 8.59. The van der Waals surface area contributed by atoms with Crippen LogP contribution in [0.2, 0.25) is 0 Å². The molecule has 1 aromatic carbocycles. The Hall–Kier alpha value is -3.13. The molecule has 134 valence electrons. The first-order chi connectivity index (χ1) is 12.4. The summed E-state index contributed by atoms with van der Waals surface area (Å²) in [5, 5.41) is 12.9. The van der Waals surface area contributed by atoms with E-state index in [0.717, 1.165) is 4.88 Å². The van der Waals surface area contributed by atoms with E-state index in [1.807, 2.05) is 17.5 Å². The first-order valence-electron chi connectivity index (χ1n) is 7.71. The van der Waals surface area contributed by atoms with Crippen LogP contribution >= 0.6 is 11.3 Å². The Balaban J connectivity index is 1.65. The van der Waals surface area contributed by atoms with Crippen LogP contribution in [0.25, 0.3) is 6.08 Å². The molecule has 3 rings (SSSR count). The van der Waals surface area contributed by atoms with Gasteiger partial charge in [-0.2, -0.15) is 0 Å². The van der Waals surface area contributed by atoms with Crippen molar-refractivity contribution in [1.29, 1.82) is 0 Å². The number of ether oxygens (including phenoxy) is 2. The van der Waals surface area contributed by atoms with Crippen LogP contribution in [0.5, 0.6) is 11.5 Å². The second-order valence-electron chi connectivity index (χ2n) is 5.53. The summed E-state index contributed by atoms with van der Waals surface area (Å²) < 4.78 is 10.9. The minimum atomic E-state index is -1.13. The van der Waals surface area contributed by atoms with Gasteiger partial charge in [-0.1, -0.05) is 6.07 Å². The highest BCUT2D eigenvalue weighted by molar-refractivity contribution is 7.10. The number of carboxylic acids is 1. The van der Waals surface area contributed by atoms with Gasteiger partial charge in [0.25, 0.3) is 5.91 Å². The molecule has 0 bridgehead atoms. The molecule has 1 aliphatic rings. The van der Waals surface area contributed by atoms with E-state index in [0.29, 0.717) is 17.1 Å². The Morgan fingerprint density at radius 2 is 2.19 bits per heavy atom. The summed E-state index contributed by atoms with van der Waals surface area (Å²) in [7, 11) is 0. The SMILES string of the molecule is C[C@@H](NC(=O)COc1ccc2c(c1)OC(=Cc1cccs1)C2=O)C(=O)O. The Kier molecular flexibility index (Phi) is 5.04. The topological polar surface area (TPSA) is 102 Å². The molecule has 2 aromatic rings. The van der Waals surface area contributed by atoms with Gasteiger partial charge in [-0.05, 0) is 30.5 Å². The Morgan fingerprint density at radius 3 is 2.88 bits per heavy atom. The molecule has 0 aliphatic carbocycles. The number of Topliss-reactive ketones (excluding diaryl/α,β-unsaturated/α-hetero) is 1. The molecule has 0 fully saturated rings. The van der Waals surface area contributed by atoms with E-state index in [2.05, 4.69) is 5.32 Å². The van der Waals surface area contributed by atoms with E-state index in [4.69, 9.17) is 14.6 Å². The van der Waals surface area contributed by atoms with Gasteiger partial charge in [-0.15, -0.1) is 11.3 Å². The van der Waals surface area contributed by atoms with Crippen LogP contribution in [-0.4, -0.2) is 35.4 Å². The fourth-order valence-electron chi connectivity index (χ4n) is 2.25. The van der Waals surface area contributed by atoms with E-state index >= 15 is 0 Å². The van der Waals surface area contributed by atoms with Crippen molar-refractivity contribution in [2.75, 3.05) is 6.61 Å². The summed E-state index contributed by atoms with van der Waals surface area (Å²) in [5.41, 5.74) is 0.420. The van der Waals surface area contributed by atoms with Crippen molar-refractivity contribution in [3.63, 3.8) is 0 Å². The number of aliphatic carboxylic acids is 1. The molecule has 26 heavy (non-hydrogen) atoms. The predicted molar refractivity (Wildman–Crippen MR) is 94.4 cm³/mol. The number of carbonyl (C=O) groups is 3. The first kappa shape index (κ1) is 17.7. The van der Waals surface area contributed by atoms with Gasteiger partial charge >= 0.3 is 5.97 Å². The van der Waals surface area contributed by atoms with Crippen molar-refractivity contribution in [2.45, 2.75) is 13.0 Å². The summed E-state index contributed by atoms with van der Waals surface area (Å²) in [6, 6.07) is 7.41. The zero-order chi connectivity index (χ0) is 18.7. The van der Waals surface area contributed by atoms with Crippen LogP contribution in [0, 0.1) is 0 Å². The Bertz CT molecular complexity index is 887. The lowest BCUT2D eigenvalue weighted by Crippen LogP contribution is -2.40. The van der Waals surface area contributed by atoms with Crippen molar-refractivity contribution in [3.05, 3.63) is 51.9 Å². The number of hydrogen-bond donors (Lipinski definition) is 2. The summed E-state index contributed by atoms with van der Waals surface area (Å²) in [6.45, 7) is 1.01. The number of thiophene rings is 1. The molecular weight excluding hydrogens is 358 g/mol. The minimum Gasteiger partial charge on any atom is -0.484 e. The number of benzene rings is 1. The predicted octanol–water partition coefficient (Wildman–Crippen LogP) is 2.33. The molecule has 0 unspecified atom stereocenters. The Morgan fingerprint density at radius 1 is 1.38 bits per heavy atom. The third kappa shape index (κ3) is 3.92. The number of amides is 1. The number of ketones is 1. The van der Waals surface area contributed by atoms with Crippen LogP contribution < -0.4 is 14.8 Å². The lowest BCUT2D eigenvalue weighted by molar-refractivity contribution is -0.141. The summed E-state index contributed by atoms with van der Waals surface area (Å²) in [5.74, 6) is -0.981. The van der Waals surface area contributed by atoms with E-state index < -0.39 is 17.9 Å². The highest BCUT2D eigenvalue weighted by Gasteiger charge is 2.28. The van der Waals surface area contributed by atoms with E-state index in [-0.39, 0.29) is 18.1 Å². The number of allylic oxidation sites excluding steroid dienone is 1. The molecule has 7 nitrogen and oxygen atoms in total. The van der Waals surface area contributed by atoms with Crippen LogP contribution in [0.1, 0.15) is 22.2 Å². The third-order valence-corrected chi connectivity index (χ3v) is 4.40. The number of hydrogen-bond acceptors (Lipinski definition) is 6. The molecule has 1 aliphatic heterocycles. The van der Waals surface area contributed by atoms with Crippen LogP contribution in [0.15, 0.2) is 41.5 Å². The molecule has 1 atom stereocenters. The van der Waals surface area contributed by atoms with Gasteiger partial charge in [0, 0.05) is 17.0 Å². The molecule has 0 saturated heterocycles. The van der Waals surface area contributed by atoms with Crippen molar-refractivity contribution in [1.82, 2.24) is 5.32 Å². The van der Waals surface area contributed by atoms with Gasteiger partial charge in [0.1, 0.15) is 17.5 Å². The summed E-state index contributed by atoms with van der Waals surface area (Å²) in [6.07, 6.45) is 1.67. The second-order valence-corrected chi connectivity index (χ2v) is 6.51. The maximum atomic E-state index is 12.3. The largest absolute Gasteiger partial charge is 0.484 e. The lowest BCUT2D eigenvalue weighted by Gasteiger charge is -2.10. The third-order valence-electron chi connectivity index (χ3n) is 3.58. The monoisotopic (exact) mass is 373 g/mol. The fraction of sp³-hybridized carbons (Fsp3) is 0.167. The maximum Gasteiger partial charge on any atom is 0.325 e. The number of nitrogens with one attached hydrogen (secondary N) is 1. The highest BCUT2D eigenvalue weighted by Crippen LogP contribution is 2.35. The molecule has 0 spiro atoms. The van der Waals surface area contributed by atoms with E-state index in [1.165, 1.54) is 24.3 Å². The van der Waals surface area contributed by atoms with Crippen molar-refractivity contribution >= 4 is 35.1 Å². The van der Waals surface area contributed by atoms with Crippen molar-refractivity contribution < 1.29 is 29.0 Å². The zero-order valence-electron chi connectivity index (χ0n) is 13.7. The maximum absolute atomic E-state index is 12.3. The van der Waals surface area contributed by atoms with Gasteiger partial charge in [-0.3, -0.25) is 14.4 Å².